The topological polar surface area (TPSA) is 86.5 Å². The van der Waals surface area contributed by atoms with Crippen LogP contribution in [0.25, 0.3) is 10.2 Å². The molecule has 0 saturated carbocycles. The molecule has 100 valence electrons. The fraction of sp³-hybridized carbons (Fsp3) is 0.455. The van der Waals surface area contributed by atoms with E-state index < -0.39 is 11.2 Å². The highest BCUT2D eigenvalue weighted by Crippen LogP contribution is 2.20. The standard InChI is InChI=1S/C11H11N3O4S/c1-13-9(16)8-5(3-6(15)7-4-18-7)12-19-10(8)14(2)11(13)17/h7H,3-4H2,1-2H3. The van der Waals surface area contributed by atoms with Gasteiger partial charge in [-0.3, -0.25) is 18.7 Å². The molecule has 7 nitrogen and oxygen atoms in total. The molecule has 1 atom stereocenters. The third-order valence-electron chi connectivity index (χ3n) is 3.18. The SMILES string of the molecule is Cn1c(=O)c2c(CC(=O)C3CO3)nsc2n(C)c1=O. The summed E-state index contributed by atoms with van der Waals surface area (Å²) in [5.74, 6) is -0.0805. The molecule has 2 aromatic heterocycles. The minimum Gasteiger partial charge on any atom is -0.365 e. The zero-order valence-electron chi connectivity index (χ0n) is 10.4. The van der Waals surface area contributed by atoms with E-state index in [2.05, 4.69) is 4.37 Å². The molecule has 0 aliphatic carbocycles. The second-order valence-electron chi connectivity index (χ2n) is 4.48. The number of nitrogens with zero attached hydrogens (tertiary/aromatic N) is 3. The summed E-state index contributed by atoms with van der Waals surface area (Å²) in [5, 5.41) is 0.351. The van der Waals surface area contributed by atoms with Crippen molar-refractivity contribution in [1.82, 2.24) is 13.5 Å². The molecular weight excluding hydrogens is 270 g/mol. The molecular formula is C11H11N3O4S. The van der Waals surface area contributed by atoms with Crippen molar-refractivity contribution in [1.29, 1.82) is 0 Å². The lowest BCUT2D eigenvalue weighted by Crippen LogP contribution is -2.36. The highest BCUT2D eigenvalue weighted by molar-refractivity contribution is 7.13. The van der Waals surface area contributed by atoms with Crippen LogP contribution in [0.15, 0.2) is 9.59 Å². The fourth-order valence-electron chi connectivity index (χ4n) is 1.96. The molecule has 1 saturated heterocycles. The minimum absolute atomic E-state index is 0.0676. The van der Waals surface area contributed by atoms with Gasteiger partial charge in [0, 0.05) is 14.1 Å². The Hall–Kier alpha value is -1.80. The van der Waals surface area contributed by atoms with Gasteiger partial charge in [-0.2, -0.15) is 4.37 Å². The van der Waals surface area contributed by atoms with E-state index in [-0.39, 0.29) is 18.3 Å². The van der Waals surface area contributed by atoms with Gasteiger partial charge in [-0.15, -0.1) is 0 Å². The molecule has 0 N–H and O–H groups in total. The lowest BCUT2D eigenvalue weighted by molar-refractivity contribution is -0.119. The smallest absolute Gasteiger partial charge is 0.331 e. The molecule has 3 heterocycles. The van der Waals surface area contributed by atoms with Gasteiger partial charge < -0.3 is 4.74 Å². The Bertz CT molecular complexity index is 797. The van der Waals surface area contributed by atoms with Crippen LogP contribution in [0.1, 0.15) is 5.69 Å². The van der Waals surface area contributed by atoms with Crippen LogP contribution < -0.4 is 11.2 Å². The zero-order chi connectivity index (χ0) is 13.7. The second-order valence-corrected chi connectivity index (χ2v) is 5.23. The Balaban J connectivity index is 2.19. The molecule has 1 fully saturated rings. The predicted octanol–water partition coefficient (Wildman–Crippen LogP) is -0.796. The number of ether oxygens (including phenoxy) is 1. The highest BCUT2D eigenvalue weighted by atomic mass is 32.1. The van der Waals surface area contributed by atoms with Gasteiger partial charge in [0.05, 0.1) is 24.1 Å². The molecule has 3 rings (SSSR count). The molecule has 1 aliphatic rings. The van der Waals surface area contributed by atoms with E-state index in [0.29, 0.717) is 22.5 Å². The Morgan fingerprint density at radius 3 is 2.74 bits per heavy atom. The number of epoxide rings is 1. The third kappa shape index (κ3) is 1.83. The van der Waals surface area contributed by atoms with Crippen molar-refractivity contribution in [3.05, 3.63) is 26.5 Å². The first-order valence-corrected chi connectivity index (χ1v) is 6.46. The van der Waals surface area contributed by atoms with Gasteiger partial charge >= 0.3 is 5.69 Å². The number of hydrogen-bond acceptors (Lipinski definition) is 6. The van der Waals surface area contributed by atoms with Gasteiger partial charge in [-0.05, 0) is 11.5 Å². The van der Waals surface area contributed by atoms with Crippen LogP contribution in [0.3, 0.4) is 0 Å². The van der Waals surface area contributed by atoms with Crippen LogP contribution in [-0.4, -0.2) is 32.0 Å². The Morgan fingerprint density at radius 2 is 2.11 bits per heavy atom. The predicted molar refractivity (Wildman–Crippen MR) is 68.6 cm³/mol. The van der Waals surface area contributed by atoms with Crippen molar-refractivity contribution in [2.75, 3.05) is 6.61 Å². The van der Waals surface area contributed by atoms with Crippen LogP contribution >= 0.6 is 11.5 Å². The van der Waals surface area contributed by atoms with Crippen molar-refractivity contribution in [2.24, 2.45) is 14.1 Å². The number of rotatable bonds is 3. The van der Waals surface area contributed by atoms with E-state index in [4.69, 9.17) is 4.74 Å². The zero-order valence-corrected chi connectivity index (χ0v) is 11.2. The summed E-state index contributed by atoms with van der Waals surface area (Å²) < 4.78 is 11.5. The number of carbonyl (C=O) groups is 1. The Kier molecular flexibility index (Phi) is 2.64. The van der Waals surface area contributed by atoms with Gasteiger partial charge in [0.15, 0.2) is 5.78 Å². The van der Waals surface area contributed by atoms with Crippen molar-refractivity contribution in [3.8, 4) is 0 Å². The van der Waals surface area contributed by atoms with Gasteiger partial charge in [0.2, 0.25) is 0 Å². The van der Waals surface area contributed by atoms with E-state index in [0.717, 1.165) is 16.1 Å². The van der Waals surface area contributed by atoms with E-state index in [1.807, 2.05) is 0 Å². The normalized spacial score (nSPS) is 17.9. The summed E-state index contributed by atoms with van der Waals surface area (Å²) in [4.78, 5) is 36.1. The van der Waals surface area contributed by atoms with E-state index in [1.54, 1.807) is 7.05 Å². The van der Waals surface area contributed by atoms with Crippen molar-refractivity contribution in [3.63, 3.8) is 0 Å². The quantitative estimate of drug-likeness (QED) is 0.688. The first kappa shape index (κ1) is 12.2. The number of hydrogen-bond donors (Lipinski definition) is 0. The van der Waals surface area contributed by atoms with E-state index in [1.165, 1.54) is 11.6 Å². The van der Waals surface area contributed by atoms with Crippen LogP contribution in [0.4, 0.5) is 0 Å². The molecule has 0 bridgehead atoms. The van der Waals surface area contributed by atoms with Gasteiger partial charge in [0.1, 0.15) is 10.9 Å². The molecule has 1 aliphatic heterocycles. The van der Waals surface area contributed by atoms with Gasteiger partial charge in [-0.1, -0.05) is 0 Å². The summed E-state index contributed by atoms with van der Waals surface area (Å²) in [6.45, 7) is 0.442. The molecule has 19 heavy (non-hydrogen) atoms. The Morgan fingerprint density at radius 1 is 1.42 bits per heavy atom. The molecule has 0 radical (unpaired) electrons. The molecule has 8 heteroatoms. The highest BCUT2D eigenvalue weighted by Gasteiger charge is 2.32. The third-order valence-corrected chi connectivity index (χ3v) is 4.14. The van der Waals surface area contributed by atoms with Gasteiger partial charge in [0.25, 0.3) is 5.56 Å². The molecule has 0 spiro atoms. The summed E-state index contributed by atoms with van der Waals surface area (Å²) in [5.41, 5.74) is -0.382. The second kappa shape index (κ2) is 4.10. The summed E-state index contributed by atoms with van der Waals surface area (Å²) >= 11 is 1.06. The minimum atomic E-state index is -0.411. The number of carbonyl (C=O) groups excluding carboxylic acids is 1. The van der Waals surface area contributed by atoms with Crippen LogP contribution in [0, 0.1) is 0 Å². The van der Waals surface area contributed by atoms with Gasteiger partial charge in [-0.25, -0.2) is 4.79 Å². The number of fused-ring (bicyclic) bond motifs is 1. The first-order valence-electron chi connectivity index (χ1n) is 5.69. The van der Waals surface area contributed by atoms with Crippen LogP contribution in [0.2, 0.25) is 0 Å². The molecule has 0 amide bonds. The maximum absolute atomic E-state index is 12.1. The maximum Gasteiger partial charge on any atom is 0.331 e. The first-order chi connectivity index (χ1) is 9.00. The summed E-state index contributed by atoms with van der Waals surface area (Å²) in [7, 11) is 3.00. The van der Waals surface area contributed by atoms with Crippen molar-refractivity contribution >= 4 is 27.5 Å². The number of ketones is 1. The monoisotopic (exact) mass is 281 g/mol. The average Bonchev–Trinajstić information content (AvgIpc) is 3.16. The Labute approximate surface area is 111 Å². The summed E-state index contributed by atoms with van der Waals surface area (Å²) in [6, 6.07) is 0. The van der Waals surface area contributed by atoms with E-state index in [9.17, 15) is 14.4 Å². The number of aryl methyl sites for hydroxylation is 1. The lowest BCUT2D eigenvalue weighted by Gasteiger charge is -2.03. The molecule has 2 aromatic rings. The lowest BCUT2D eigenvalue weighted by atomic mass is 10.1. The fourth-order valence-corrected chi connectivity index (χ4v) is 2.81. The molecule has 0 aromatic carbocycles. The average molecular weight is 281 g/mol. The number of Topliss-reactive ketones (excluding diaryl/α,β-unsaturated/α-hetero) is 1. The van der Waals surface area contributed by atoms with Crippen molar-refractivity contribution in [2.45, 2.75) is 12.5 Å². The maximum atomic E-state index is 12.1. The summed E-state index contributed by atoms with van der Waals surface area (Å²) in [6.07, 6.45) is -0.286. The molecule has 1 unspecified atom stereocenters. The number of aromatic nitrogens is 3. The van der Waals surface area contributed by atoms with E-state index >= 15 is 0 Å². The van der Waals surface area contributed by atoms with Crippen LogP contribution in [0.5, 0.6) is 0 Å². The van der Waals surface area contributed by atoms with Crippen molar-refractivity contribution < 1.29 is 9.53 Å². The van der Waals surface area contributed by atoms with Crippen LogP contribution in [-0.2, 0) is 30.0 Å². The largest absolute Gasteiger partial charge is 0.365 e.